The molecule has 1 fully saturated rings. The number of nitrogens with two attached hydrogens (primary N) is 1. The summed E-state index contributed by atoms with van der Waals surface area (Å²) in [6.45, 7) is 3.26. The molecule has 1 saturated carbocycles. The Hall–Kier alpha value is -2.81. The van der Waals surface area contributed by atoms with Gasteiger partial charge in [0, 0.05) is 29.2 Å². The minimum Gasteiger partial charge on any atom is -0.368 e. The molecular weight excluding hydrogens is 344 g/mol. The standard InChI is InChI=1S/C25H28N2O/c1-2-27(24-12-6-8-19-7-3-4-11-23(19)24)22-10-5-9-21(17-22)18-13-15-20(16-14-18)25(26)28/h3-4,6-8,11-16,21-22H,2,5,9-10,17H2,1H3,(H2,26,28). The molecule has 3 heteroatoms. The number of hydrogen-bond acceptors (Lipinski definition) is 2. The fraction of sp³-hybridized carbons (Fsp3) is 0.320. The van der Waals surface area contributed by atoms with E-state index in [0.717, 1.165) is 13.0 Å². The minimum absolute atomic E-state index is 0.360. The van der Waals surface area contributed by atoms with Crippen LogP contribution in [0.15, 0.2) is 66.7 Å². The Kier molecular flexibility index (Phi) is 5.34. The predicted molar refractivity (Wildman–Crippen MR) is 117 cm³/mol. The molecule has 2 N–H and O–H groups in total. The molecule has 0 spiro atoms. The second-order valence-electron chi connectivity index (χ2n) is 7.79. The Morgan fingerprint density at radius 2 is 1.75 bits per heavy atom. The lowest BCUT2D eigenvalue weighted by atomic mass is 9.80. The van der Waals surface area contributed by atoms with E-state index in [1.807, 2.05) is 12.1 Å². The number of rotatable bonds is 5. The Morgan fingerprint density at radius 1 is 1.00 bits per heavy atom. The first-order valence-electron chi connectivity index (χ1n) is 10.3. The van der Waals surface area contributed by atoms with Gasteiger partial charge in [-0.15, -0.1) is 0 Å². The lowest BCUT2D eigenvalue weighted by Gasteiger charge is -2.39. The van der Waals surface area contributed by atoms with Gasteiger partial charge < -0.3 is 10.6 Å². The van der Waals surface area contributed by atoms with Gasteiger partial charge in [-0.2, -0.15) is 0 Å². The lowest BCUT2D eigenvalue weighted by molar-refractivity contribution is 0.100. The van der Waals surface area contributed by atoms with Crippen molar-refractivity contribution in [1.82, 2.24) is 0 Å². The third-order valence-corrected chi connectivity index (χ3v) is 6.17. The van der Waals surface area contributed by atoms with E-state index in [-0.39, 0.29) is 5.91 Å². The van der Waals surface area contributed by atoms with Gasteiger partial charge in [-0.05, 0) is 61.3 Å². The van der Waals surface area contributed by atoms with Crippen molar-refractivity contribution in [2.45, 2.75) is 44.6 Å². The Balaban J connectivity index is 1.59. The van der Waals surface area contributed by atoms with Crippen molar-refractivity contribution in [3.8, 4) is 0 Å². The zero-order valence-corrected chi connectivity index (χ0v) is 16.5. The van der Waals surface area contributed by atoms with Crippen molar-refractivity contribution < 1.29 is 4.79 Å². The molecule has 0 saturated heterocycles. The second-order valence-corrected chi connectivity index (χ2v) is 7.79. The molecule has 3 nitrogen and oxygen atoms in total. The zero-order chi connectivity index (χ0) is 19.5. The smallest absolute Gasteiger partial charge is 0.248 e. The van der Waals surface area contributed by atoms with Crippen LogP contribution in [0.2, 0.25) is 0 Å². The van der Waals surface area contributed by atoms with Crippen LogP contribution in [-0.2, 0) is 0 Å². The first kappa shape index (κ1) is 18.5. The summed E-state index contributed by atoms with van der Waals surface area (Å²) in [5.74, 6) is 0.172. The molecule has 2 unspecified atom stereocenters. The summed E-state index contributed by atoms with van der Waals surface area (Å²) in [5, 5.41) is 2.63. The van der Waals surface area contributed by atoms with Crippen LogP contribution >= 0.6 is 0 Å². The molecule has 3 aromatic rings. The molecule has 2 atom stereocenters. The average Bonchev–Trinajstić information content (AvgIpc) is 2.75. The molecule has 144 valence electrons. The summed E-state index contributed by atoms with van der Waals surface area (Å²) in [6, 6.07) is 23.7. The predicted octanol–water partition coefficient (Wildman–Crippen LogP) is 5.49. The highest BCUT2D eigenvalue weighted by Crippen LogP contribution is 2.38. The van der Waals surface area contributed by atoms with Gasteiger partial charge in [-0.1, -0.05) is 55.0 Å². The fourth-order valence-electron chi connectivity index (χ4n) is 4.75. The van der Waals surface area contributed by atoms with Crippen molar-refractivity contribution in [3.05, 3.63) is 77.9 Å². The molecule has 0 aromatic heterocycles. The molecule has 0 aliphatic heterocycles. The molecule has 3 aromatic carbocycles. The molecule has 1 aliphatic rings. The highest BCUT2D eigenvalue weighted by molar-refractivity contribution is 5.94. The van der Waals surface area contributed by atoms with Crippen LogP contribution in [0.1, 0.15) is 54.4 Å². The van der Waals surface area contributed by atoms with Crippen LogP contribution in [0.4, 0.5) is 5.69 Å². The maximum atomic E-state index is 11.3. The summed E-state index contributed by atoms with van der Waals surface area (Å²) in [4.78, 5) is 13.9. The van der Waals surface area contributed by atoms with E-state index < -0.39 is 0 Å². The monoisotopic (exact) mass is 372 g/mol. The maximum Gasteiger partial charge on any atom is 0.248 e. The number of hydrogen-bond donors (Lipinski definition) is 1. The van der Waals surface area contributed by atoms with Gasteiger partial charge in [0.1, 0.15) is 0 Å². The quantitative estimate of drug-likeness (QED) is 0.643. The molecule has 0 bridgehead atoms. The summed E-state index contributed by atoms with van der Waals surface area (Å²) in [6.07, 6.45) is 4.81. The Bertz CT molecular complexity index is 958. The normalized spacial score (nSPS) is 19.5. The number of anilines is 1. The van der Waals surface area contributed by atoms with Crippen molar-refractivity contribution in [3.63, 3.8) is 0 Å². The Labute approximate surface area is 167 Å². The lowest BCUT2D eigenvalue weighted by Crippen LogP contribution is -2.38. The molecule has 28 heavy (non-hydrogen) atoms. The summed E-state index contributed by atoms with van der Waals surface area (Å²) < 4.78 is 0. The number of amides is 1. The van der Waals surface area contributed by atoms with E-state index in [4.69, 9.17) is 5.73 Å². The first-order chi connectivity index (χ1) is 13.7. The maximum absolute atomic E-state index is 11.3. The van der Waals surface area contributed by atoms with Crippen LogP contribution in [0.3, 0.4) is 0 Å². The highest BCUT2D eigenvalue weighted by Gasteiger charge is 2.28. The molecule has 0 heterocycles. The summed E-state index contributed by atoms with van der Waals surface area (Å²) in [5.41, 5.74) is 8.64. The van der Waals surface area contributed by atoms with Crippen LogP contribution < -0.4 is 10.6 Å². The molecule has 4 rings (SSSR count). The molecule has 0 radical (unpaired) electrons. The van der Waals surface area contributed by atoms with E-state index in [2.05, 4.69) is 66.4 Å². The van der Waals surface area contributed by atoms with Gasteiger partial charge in [0.2, 0.25) is 5.91 Å². The van der Waals surface area contributed by atoms with Gasteiger partial charge >= 0.3 is 0 Å². The number of fused-ring (bicyclic) bond motifs is 1. The summed E-state index contributed by atoms with van der Waals surface area (Å²) >= 11 is 0. The number of benzene rings is 3. The van der Waals surface area contributed by atoms with Crippen LogP contribution in [-0.4, -0.2) is 18.5 Å². The SMILES string of the molecule is CCN(c1cccc2ccccc12)C1CCCC(c2ccc(C(N)=O)cc2)C1. The van der Waals surface area contributed by atoms with Crippen molar-refractivity contribution >= 4 is 22.4 Å². The van der Waals surface area contributed by atoms with Gasteiger partial charge in [-0.25, -0.2) is 0 Å². The summed E-state index contributed by atoms with van der Waals surface area (Å²) in [7, 11) is 0. The highest BCUT2D eigenvalue weighted by atomic mass is 16.1. The zero-order valence-electron chi connectivity index (χ0n) is 16.5. The topological polar surface area (TPSA) is 46.3 Å². The third-order valence-electron chi connectivity index (χ3n) is 6.17. The number of nitrogens with zero attached hydrogens (tertiary/aromatic N) is 1. The van der Waals surface area contributed by atoms with E-state index in [1.54, 1.807) is 0 Å². The van der Waals surface area contributed by atoms with Crippen molar-refractivity contribution in [2.24, 2.45) is 5.73 Å². The number of carbonyl (C=O) groups excluding carboxylic acids is 1. The van der Waals surface area contributed by atoms with Gasteiger partial charge in [0.05, 0.1) is 0 Å². The molecule has 1 amide bonds. The molecule has 1 aliphatic carbocycles. The third kappa shape index (κ3) is 3.62. The minimum atomic E-state index is -0.360. The van der Waals surface area contributed by atoms with Gasteiger partial charge in [0.25, 0.3) is 0 Å². The van der Waals surface area contributed by atoms with Gasteiger partial charge in [0.15, 0.2) is 0 Å². The van der Waals surface area contributed by atoms with E-state index in [1.165, 1.54) is 41.3 Å². The van der Waals surface area contributed by atoms with Crippen LogP contribution in [0.5, 0.6) is 0 Å². The number of primary amides is 1. The second kappa shape index (κ2) is 8.05. The van der Waals surface area contributed by atoms with Gasteiger partial charge in [-0.3, -0.25) is 4.79 Å². The van der Waals surface area contributed by atoms with Crippen molar-refractivity contribution in [1.29, 1.82) is 0 Å². The van der Waals surface area contributed by atoms with Crippen LogP contribution in [0.25, 0.3) is 10.8 Å². The largest absolute Gasteiger partial charge is 0.368 e. The Morgan fingerprint density at radius 3 is 2.50 bits per heavy atom. The fourth-order valence-corrected chi connectivity index (χ4v) is 4.75. The first-order valence-corrected chi connectivity index (χ1v) is 10.3. The van der Waals surface area contributed by atoms with E-state index in [9.17, 15) is 4.79 Å². The van der Waals surface area contributed by atoms with Crippen molar-refractivity contribution in [2.75, 3.05) is 11.4 Å². The average molecular weight is 373 g/mol. The van der Waals surface area contributed by atoms with Crippen LogP contribution in [0, 0.1) is 0 Å². The van der Waals surface area contributed by atoms with E-state index in [0.29, 0.717) is 17.5 Å². The van der Waals surface area contributed by atoms with E-state index >= 15 is 0 Å². The molecular formula is C25H28N2O. The number of carbonyl (C=O) groups is 1.